The van der Waals surface area contributed by atoms with E-state index in [0.29, 0.717) is 42.6 Å². The molecule has 1 aromatic rings. The number of rotatable bonds is 8. The lowest BCUT2D eigenvalue weighted by Gasteiger charge is -2.17. The van der Waals surface area contributed by atoms with Gasteiger partial charge in [0.1, 0.15) is 0 Å². The zero-order chi connectivity index (χ0) is 17.4. The second-order valence-corrected chi connectivity index (χ2v) is 5.87. The molecule has 0 aromatic heterocycles. The van der Waals surface area contributed by atoms with Crippen molar-refractivity contribution in [3.8, 4) is 17.2 Å². The van der Waals surface area contributed by atoms with E-state index in [2.05, 4.69) is 12.2 Å². The van der Waals surface area contributed by atoms with Gasteiger partial charge in [-0.05, 0) is 49.3 Å². The van der Waals surface area contributed by atoms with E-state index in [1.807, 2.05) is 12.1 Å². The van der Waals surface area contributed by atoms with Crippen LogP contribution in [0.5, 0.6) is 17.2 Å². The first-order valence-electron chi connectivity index (χ1n) is 8.27. The van der Waals surface area contributed by atoms with Crippen LogP contribution in [0.25, 0.3) is 0 Å². The van der Waals surface area contributed by atoms with Crippen molar-refractivity contribution in [1.82, 2.24) is 0 Å². The summed E-state index contributed by atoms with van der Waals surface area (Å²) in [5, 5.41) is 0. The van der Waals surface area contributed by atoms with Crippen LogP contribution in [0.2, 0.25) is 0 Å². The third-order valence-electron chi connectivity index (χ3n) is 4.20. The molecule has 132 valence electrons. The van der Waals surface area contributed by atoms with E-state index < -0.39 is 0 Å². The molecule has 0 heterocycles. The molecule has 24 heavy (non-hydrogen) atoms. The topological polar surface area (TPSA) is 54.0 Å². The maximum absolute atomic E-state index is 12.0. The fourth-order valence-corrected chi connectivity index (χ4v) is 2.82. The molecule has 0 saturated heterocycles. The number of carbonyl (C=O) groups is 1. The summed E-state index contributed by atoms with van der Waals surface area (Å²) in [5.41, 5.74) is 0.946. The Morgan fingerprint density at radius 3 is 2.33 bits per heavy atom. The van der Waals surface area contributed by atoms with Crippen molar-refractivity contribution in [3.05, 3.63) is 29.8 Å². The first kappa shape index (κ1) is 18.2. The molecular formula is C19H26O5. The van der Waals surface area contributed by atoms with Crippen LogP contribution in [0.15, 0.2) is 24.3 Å². The number of esters is 1. The molecule has 0 saturated carbocycles. The second-order valence-electron chi connectivity index (χ2n) is 5.87. The summed E-state index contributed by atoms with van der Waals surface area (Å²) in [6, 6.07) is 3.72. The number of carbonyl (C=O) groups excluding carboxylic acids is 1. The number of hydrogen-bond donors (Lipinski definition) is 0. The minimum Gasteiger partial charge on any atom is -0.493 e. The zero-order valence-electron chi connectivity index (χ0n) is 14.7. The Balaban J connectivity index is 1.88. The van der Waals surface area contributed by atoms with Crippen LogP contribution in [0, 0.1) is 5.92 Å². The SMILES string of the molecule is COc1cc(CCC(=O)OCC2CC=CCC2)cc(OC)c1OC. The third kappa shape index (κ3) is 4.91. The van der Waals surface area contributed by atoms with Crippen LogP contribution in [0.4, 0.5) is 0 Å². The van der Waals surface area contributed by atoms with Crippen molar-refractivity contribution < 1.29 is 23.7 Å². The Kier molecular flexibility index (Phi) is 6.97. The van der Waals surface area contributed by atoms with Crippen LogP contribution < -0.4 is 14.2 Å². The zero-order valence-corrected chi connectivity index (χ0v) is 14.7. The molecule has 2 rings (SSSR count). The summed E-state index contributed by atoms with van der Waals surface area (Å²) in [7, 11) is 4.72. The molecule has 1 aromatic carbocycles. The van der Waals surface area contributed by atoms with Crippen molar-refractivity contribution in [1.29, 1.82) is 0 Å². The summed E-state index contributed by atoms with van der Waals surface area (Å²) in [6.07, 6.45) is 8.42. The minimum atomic E-state index is -0.168. The lowest BCUT2D eigenvalue weighted by Crippen LogP contribution is -2.15. The van der Waals surface area contributed by atoms with Gasteiger partial charge < -0.3 is 18.9 Å². The normalized spacial score (nSPS) is 16.5. The Morgan fingerprint density at radius 2 is 1.79 bits per heavy atom. The van der Waals surface area contributed by atoms with Gasteiger partial charge in [0.2, 0.25) is 5.75 Å². The molecule has 0 bridgehead atoms. The molecule has 1 aliphatic carbocycles. The first-order chi connectivity index (χ1) is 11.7. The van der Waals surface area contributed by atoms with E-state index >= 15 is 0 Å². The average Bonchev–Trinajstić information content (AvgIpc) is 2.64. The van der Waals surface area contributed by atoms with Gasteiger partial charge in [0, 0.05) is 6.42 Å². The summed E-state index contributed by atoms with van der Waals surface area (Å²) in [6.45, 7) is 0.512. The highest BCUT2D eigenvalue weighted by Crippen LogP contribution is 2.38. The second kappa shape index (κ2) is 9.21. The van der Waals surface area contributed by atoms with Gasteiger partial charge in [-0.3, -0.25) is 4.79 Å². The summed E-state index contributed by atoms with van der Waals surface area (Å²) >= 11 is 0. The number of hydrogen-bond acceptors (Lipinski definition) is 5. The number of benzene rings is 1. The van der Waals surface area contributed by atoms with Gasteiger partial charge >= 0.3 is 5.97 Å². The van der Waals surface area contributed by atoms with E-state index in [9.17, 15) is 4.79 Å². The Labute approximate surface area is 143 Å². The fourth-order valence-electron chi connectivity index (χ4n) is 2.82. The first-order valence-corrected chi connectivity index (χ1v) is 8.27. The van der Waals surface area contributed by atoms with Gasteiger partial charge in [-0.25, -0.2) is 0 Å². The number of aryl methyl sites for hydroxylation is 1. The molecule has 0 amide bonds. The Bertz CT molecular complexity index is 554. The van der Waals surface area contributed by atoms with Gasteiger partial charge in [-0.15, -0.1) is 0 Å². The highest BCUT2D eigenvalue weighted by atomic mass is 16.5. The molecular weight excluding hydrogens is 308 g/mol. The third-order valence-corrected chi connectivity index (χ3v) is 4.20. The monoisotopic (exact) mass is 334 g/mol. The van der Waals surface area contributed by atoms with E-state index in [4.69, 9.17) is 18.9 Å². The Hall–Kier alpha value is -2.17. The maximum Gasteiger partial charge on any atom is 0.306 e. The van der Waals surface area contributed by atoms with Gasteiger partial charge in [0.25, 0.3) is 0 Å². The number of ether oxygens (including phenoxy) is 4. The van der Waals surface area contributed by atoms with Gasteiger partial charge in [0.15, 0.2) is 11.5 Å². The summed E-state index contributed by atoms with van der Waals surface area (Å²) < 4.78 is 21.3. The molecule has 5 heteroatoms. The smallest absolute Gasteiger partial charge is 0.306 e. The molecule has 0 N–H and O–H groups in total. The quantitative estimate of drug-likeness (QED) is 0.537. The van der Waals surface area contributed by atoms with Crippen LogP contribution in [0.1, 0.15) is 31.2 Å². The van der Waals surface area contributed by atoms with Gasteiger partial charge in [0.05, 0.1) is 27.9 Å². The van der Waals surface area contributed by atoms with Crippen LogP contribution in [0.3, 0.4) is 0 Å². The summed E-state index contributed by atoms with van der Waals surface area (Å²) in [4.78, 5) is 12.0. The van der Waals surface area contributed by atoms with Crippen LogP contribution in [-0.4, -0.2) is 33.9 Å². The largest absolute Gasteiger partial charge is 0.493 e. The van der Waals surface area contributed by atoms with Gasteiger partial charge in [-0.2, -0.15) is 0 Å². The van der Waals surface area contributed by atoms with E-state index in [1.54, 1.807) is 21.3 Å². The molecule has 0 spiro atoms. The molecule has 1 unspecified atom stereocenters. The highest BCUT2D eigenvalue weighted by Gasteiger charge is 2.15. The van der Waals surface area contributed by atoms with Crippen molar-refractivity contribution in [3.63, 3.8) is 0 Å². The average molecular weight is 334 g/mol. The highest BCUT2D eigenvalue weighted by molar-refractivity contribution is 5.70. The minimum absolute atomic E-state index is 0.168. The maximum atomic E-state index is 12.0. The summed E-state index contributed by atoms with van der Waals surface area (Å²) in [5.74, 6) is 2.03. The van der Waals surface area contributed by atoms with E-state index in [0.717, 1.165) is 24.8 Å². The molecule has 0 aliphatic heterocycles. The Morgan fingerprint density at radius 1 is 1.08 bits per heavy atom. The van der Waals surface area contributed by atoms with Crippen molar-refractivity contribution in [2.45, 2.75) is 32.1 Å². The van der Waals surface area contributed by atoms with Crippen LogP contribution >= 0.6 is 0 Å². The fraction of sp³-hybridized carbons (Fsp3) is 0.526. The lowest BCUT2D eigenvalue weighted by molar-refractivity contribution is -0.145. The van der Waals surface area contributed by atoms with Gasteiger partial charge in [-0.1, -0.05) is 12.2 Å². The van der Waals surface area contributed by atoms with Crippen LogP contribution in [-0.2, 0) is 16.0 Å². The number of methoxy groups -OCH3 is 3. The predicted octanol–water partition coefficient (Wildman–Crippen LogP) is 3.54. The lowest BCUT2D eigenvalue weighted by atomic mass is 9.95. The van der Waals surface area contributed by atoms with E-state index in [-0.39, 0.29) is 5.97 Å². The molecule has 5 nitrogen and oxygen atoms in total. The van der Waals surface area contributed by atoms with E-state index in [1.165, 1.54) is 0 Å². The number of allylic oxidation sites excluding steroid dienone is 2. The molecule has 0 radical (unpaired) electrons. The van der Waals surface area contributed by atoms with Crippen molar-refractivity contribution >= 4 is 5.97 Å². The molecule has 0 fully saturated rings. The standard InChI is InChI=1S/C19H26O5/c1-21-16-11-15(12-17(22-2)19(16)23-3)9-10-18(20)24-13-14-7-5-4-6-8-14/h4-5,11-12,14H,6-10,13H2,1-3H3. The van der Waals surface area contributed by atoms with Crippen molar-refractivity contribution in [2.75, 3.05) is 27.9 Å². The predicted molar refractivity (Wildman–Crippen MR) is 91.9 cm³/mol. The molecule has 1 aliphatic rings. The molecule has 1 atom stereocenters. The van der Waals surface area contributed by atoms with Crippen molar-refractivity contribution in [2.24, 2.45) is 5.92 Å².